The summed E-state index contributed by atoms with van der Waals surface area (Å²) in [6.07, 6.45) is 4.83. The first-order chi connectivity index (χ1) is 8.78. The van der Waals surface area contributed by atoms with Crippen molar-refractivity contribution in [3.05, 3.63) is 35.8 Å². The minimum Gasteiger partial charge on any atom is -0.459 e. The second-order valence-corrected chi connectivity index (χ2v) is 5.02. The highest BCUT2D eigenvalue weighted by Gasteiger charge is 2.28. The topological polar surface area (TPSA) is 51.2 Å². The molecule has 1 aromatic carbocycles. The van der Waals surface area contributed by atoms with Gasteiger partial charge in [0, 0.05) is 5.39 Å². The number of halogens is 1. The zero-order chi connectivity index (χ0) is 12.5. The Balaban J connectivity index is 1.96. The van der Waals surface area contributed by atoms with E-state index in [0.29, 0.717) is 11.5 Å². The fourth-order valence-corrected chi connectivity index (χ4v) is 2.93. The Kier molecular flexibility index (Phi) is 3.06. The Morgan fingerprint density at radius 3 is 2.78 bits per heavy atom. The van der Waals surface area contributed by atoms with E-state index >= 15 is 0 Å². The predicted molar refractivity (Wildman–Crippen MR) is 68.2 cm³/mol. The minimum absolute atomic E-state index is 0.0305. The van der Waals surface area contributed by atoms with Gasteiger partial charge in [0.15, 0.2) is 0 Å². The van der Waals surface area contributed by atoms with E-state index in [4.69, 9.17) is 10.3 Å². The molecule has 1 aromatic heterocycles. The average molecular weight is 248 g/mol. The molecule has 0 radical (unpaired) electrons. The third kappa shape index (κ3) is 2.02. The van der Waals surface area contributed by atoms with Crippen molar-refractivity contribution in [2.75, 3.05) is 0 Å². The van der Waals surface area contributed by atoms with Crippen LogP contribution in [-0.2, 0) is 0 Å². The zero-order valence-corrected chi connectivity index (χ0v) is 10.2. The van der Waals surface area contributed by atoms with E-state index < -0.39 is 0 Å². The van der Waals surface area contributed by atoms with Gasteiger partial charge in [0.05, 0.1) is 6.04 Å². The van der Waals surface area contributed by atoms with Gasteiger partial charge in [0.2, 0.25) is 0 Å². The number of hydrazine groups is 1. The number of fused-ring (bicyclic) bond motifs is 1. The highest BCUT2D eigenvalue weighted by Crippen LogP contribution is 2.37. The molecule has 3 rings (SSSR count). The van der Waals surface area contributed by atoms with Crippen molar-refractivity contribution >= 4 is 11.0 Å². The summed E-state index contributed by atoms with van der Waals surface area (Å²) in [5, 5.41) is 0.795. The highest BCUT2D eigenvalue weighted by atomic mass is 19.1. The van der Waals surface area contributed by atoms with E-state index in [0.717, 1.165) is 11.1 Å². The van der Waals surface area contributed by atoms with Crippen molar-refractivity contribution in [3.63, 3.8) is 0 Å². The van der Waals surface area contributed by atoms with Crippen LogP contribution in [0.4, 0.5) is 4.39 Å². The van der Waals surface area contributed by atoms with Crippen LogP contribution in [0.25, 0.3) is 11.0 Å². The number of furan rings is 1. The van der Waals surface area contributed by atoms with Crippen LogP contribution in [0.2, 0.25) is 0 Å². The molecule has 0 saturated heterocycles. The molecule has 1 fully saturated rings. The quantitative estimate of drug-likeness (QED) is 0.647. The SMILES string of the molecule is NNC(c1cc2cc(F)ccc2o1)C1CCCC1. The number of benzene rings is 1. The van der Waals surface area contributed by atoms with Crippen LogP contribution >= 0.6 is 0 Å². The minimum atomic E-state index is -0.243. The number of hydrogen-bond donors (Lipinski definition) is 2. The van der Waals surface area contributed by atoms with E-state index in [-0.39, 0.29) is 11.9 Å². The van der Waals surface area contributed by atoms with E-state index in [2.05, 4.69) is 5.43 Å². The molecule has 2 aromatic rings. The maximum Gasteiger partial charge on any atom is 0.134 e. The molecule has 1 heterocycles. The van der Waals surface area contributed by atoms with Crippen molar-refractivity contribution in [1.29, 1.82) is 0 Å². The number of nitrogens with two attached hydrogens (primary N) is 1. The maximum atomic E-state index is 13.1. The molecule has 0 amide bonds. The summed E-state index contributed by atoms with van der Waals surface area (Å²) in [5.74, 6) is 6.73. The number of rotatable bonds is 3. The summed E-state index contributed by atoms with van der Waals surface area (Å²) in [7, 11) is 0. The van der Waals surface area contributed by atoms with Crippen molar-refractivity contribution < 1.29 is 8.81 Å². The average Bonchev–Trinajstić information content (AvgIpc) is 2.98. The molecular formula is C14H17FN2O. The fraction of sp³-hybridized carbons (Fsp3) is 0.429. The van der Waals surface area contributed by atoms with Crippen molar-refractivity contribution in [3.8, 4) is 0 Å². The molecule has 96 valence electrons. The van der Waals surface area contributed by atoms with Crippen LogP contribution in [-0.4, -0.2) is 0 Å². The van der Waals surface area contributed by atoms with Gasteiger partial charge in [-0.05, 0) is 43.0 Å². The molecule has 4 heteroatoms. The number of hydrogen-bond acceptors (Lipinski definition) is 3. The van der Waals surface area contributed by atoms with Crippen LogP contribution in [0, 0.1) is 11.7 Å². The lowest BCUT2D eigenvalue weighted by Crippen LogP contribution is -2.32. The monoisotopic (exact) mass is 248 g/mol. The van der Waals surface area contributed by atoms with Gasteiger partial charge in [0.25, 0.3) is 0 Å². The summed E-state index contributed by atoms with van der Waals surface area (Å²) >= 11 is 0. The molecular weight excluding hydrogens is 231 g/mol. The second kappa shape index (κ2) is 4.71. The Hall–Kier alpha value is -1.39. The van der Waals surface area contributed by atoms with E-state index in [1.54, 1.807) is 6.07 Å². The van der Waals surface area contributed by atoms with Crippen LogP contribution in [0.1, 0.15) is 37.5 Å². The molecule has 1 aliphatic carbocycles. The first kappa shape index (κ1) is 11.7. The Morgan fingerprint density at radius 2 is 2.06 bits per heavy atom. The fourth-order valence-electron chi connectivity index (χ4n) is 2.93. The molecule has 1 saturated carbocycles. The Labute approximate surface area is 105 Å². The molecule has 0 spiro atoms. The van der Waals surface area contributed by atoms with Crippen molar-refractivity contribution in [2.24, 2.45) is 11.8 Å². The molecule has 18 heavy (non-hydrogen) atoms. The van der Waals surface area contributed by atoms with E-state index in [1.807, 2.05) is 6.07 Å². The van der Waals surface area contributed by atoms with Crippen LogP contribution < -0.4 is 11.3 Å². The van der Waals surface area contributed by atoms with Gasteiger partial charge in [0.1, 0.15) is 17.2 Å². The molecule has 1 aliphatic rings. The molecule has 1 unspecified atom stereocenters. The third-order valence-corrected chi connectivity index (χ3v) is 3.85. The van der Waals surface area contributed by atoms with Crippen molar-refractivity contribution in [1.82, 2.24) is 5.43 Å². The van der Waals surface area contributed by atoms with Gasteiger partial charge in [-0.2, -0.15) is 0 Å². The smallest absolute Gasteiger partial charge is 0.134 e. The third-order valence-electron chi connectivity index (χ3n) is 3.85. The molecule has 3 N–H and O–H groups in total. The lowest BCUT2D eigenvalue weighted by atomic mass is 9.96. The maximum absolute atomic E-state index is 13.1. The van der Waals surface area contributed by atoms with Gasteiger partial charge in [-0.25, -0.2) is 9.82 Å². The molecule has 0 bridgehead atoms. The normalized spacial score (nSPS) is 18.6. The van der Waals surface area contributed by atoms with Crippen molar-refractivity contribution in [2.45, 2.75) is 31.7 Å². The van der Waals surface area contributed by atoms with Crippen LogP contribution in [0.15, 0.2) is 28.7 Å². The standard InChI is InChI=1S/C14H17FN2O/c15-11-5-6-12-10(7-11)8-13(18-12)14(17-16)9-3-1-2-4-9/h5-9,14,17H,1-4,16H2. The first-order valence-corrected chi connectivity index (χ1v) is 6.43. The lowest BCUT2D eigenvalue weighted by molar-refractivity contribution is 0.323. The summed E-state index contributed by atoms with van der Waals surface area (Å²) < 4.78 is 18.9. The van der Waals surface area contributed by atoms with Gasteiger partial charge >= 0.3 is 0 Å². The van der Waals surface area contributed by atoms with E-state index in [1.165, 1.54) is 37.8 Å². The molecule has 0 aliphatic heterocycles. The van der Waals surface area contributed by atoms with Gasteiger partial charge in [-0.3, -0.25) is 5.84 Å². The Bertz CT molecular complexity index is 546. The summed E-state index contributed by atoms with van der Waals surface area (Å²) in [6, 6.07) is 6.49. The summed E-state index contributed by atoms with van der Waals surface area (Å²) in [5.41, 5.74) is 3.56. The molecule has 1 atom stereocenters. The highest BCUT2D eigenvalue weighted by molar-refractivity contribution is 5.78. The van der Waals surface area contributed by atoms with Gasteiger partial charge in [-0.15, -0.1) is 0 Å². The summed E-state index contributed by atoms with van der Waals surface area (Å²) in [4.78, 5) is 0. The molecule has 3 nitrogen and oxygen atoms in total. The van der Waals surface area contributed by atoms with Gasteiger partial charge in [-0.1, -0.05) is 12.8 Å². The first-order valence-electron chi connectivity index (χ1n) is 6.43. The van der Waals surface area contributed by atoms with E-state index in [9.17, 15) is 4.39 Å². The Morgan fingerprint density at radius 1 is 1.28 bits per heavy atom. The van der Waals surface area contributed by atoms with Crippen LogP contribution in [0.5, 0.6) is 0 Å². The predicted octanol–water partition coefficient (Wildman–Crippen LogP) is 3.27. The number of nitrogens with one attached hydrogen (secondary N) is 1. The summed E-state index contributed by atoms with van der Waals surface area (Å²) in [6.45, 7) is 0. The van der Waals surface area contributed by atoms with Crippen LogP contribution in [0.3, 0.4) is 0 Å². The second-order valence-electron chi connectivity index (χ2n) is 5.02. The lowest BCUT2D eigenvalue weighted by Gasteiger charge is -2.19. The van der Waals surface area contributed by atoms with Gasteiger partial charge < -0.3 is 4.42 Å². The zero-order valence-electron chi connectivity index (χ0n) is 10.2. The largest absolute Gasteiger partial charge is 0.459 e.